The van der Waals surface area contributed by atoms with Crippen LogP contribution in [-0.2, 0) is 5.60 Å². The maximum Gasteiger partial charge on any atom is 0.134 e. The number of pyridine rings is 1. The second-order valence-electron chi connectivity index (χ2n) is 4.50. The van der Waals surface area contributed by atoms with Crippen LogP contribution in [-0.4, -0.2) is 10.1 Å². The van der Waals surface area contributed by atoms with Gasteiger partial charge in [0, 0.05) is 6.20 Å². The maximum absolute atomic E-state index is 11.0. The number of aliphatic hydroxyl groups is 1. The van der Waals surface area contributed by atoms with Gasteiger partial charge >= 0.3 is 0 Å². The number of nitrogens with zero attached hydrogens (tertiary/aromatic N) is 1. The Labute approximate surface area is 116 Å². The van der Waals surface area contributed by atoms with Crippen molar-refractivity contribution in [3.8, 4) is 0 Å². The van der Waals surface area contributed by atoms with Crippen LogP contribution >= 0.6 is 0 Å². The highest BCUT2D eigenvalue weighted by Gasteiger charge is 2.36. The van der Waals surface area contributed by atoms with Gasteiger partial charge in [0.1, 0.15) is 5.60 Å². The molecule has 1 unspecified atom stereocenters. The molecule has 0 aliphatic carbocycles. The molecule has 1 heterocycles. The Balaban J connectivity index is 0.000000861. The molecular formula is C17H23NO. The molecule has 0 bridgehead atoms. The lowest BCUT2D eigenvalue weighted by molar-refractivity contribution is 0.0275. The van der Waals surface area contributed by atoms with Gasteiger partial charge in [-0.2, -0.15) is 0 Å². The van der Waals surface area contributed by atoms with Crippen LogP contribution in [0.15, 0.2) is 54.7 Å². The monoisotopic (exact) mass is 257 g/mol. The second-order valence-corrected chi connectivity index (χ2v) is 4.50. The second kappa shape index (κ2) is 7.05. The normalized spacial score (nSPS) is 13.4. The zero-order chi connectivity index (χ0) is 14.3. The van der Waals surface area contributed by atoms with Crippen LogP contribution in [0.1, 0.15) is 39.0 Å². The third-order valence-electron chi connectivity index (χ3n) is 3.10. The Kier molecular flexibility index (Phi) is 5.71. The van der Waals surface area contributed by atoms with Crippen LogP contribution in [0, 0.1) is 5.92 Å². The van der Waals surface area contributed by atoms with Crippen molar-refractivity contribution in [3.63, 3.8) is 0 Å². The summed E-state index contributed by atoms with van der Waals surface area (Å²) in [6, 6.07) is 15.3. The van der Waals surface area contributed by atoms with Gasteiger partial charge in [-0.3, -0.25) is 4.98 Å². The Morgan fingerprint density at radius 2 is 1.53 bits per heavy atom. The number of hydrogen-bond donors (Lipinski definition) is 1. The molecular weight excluding hydrogens is 234 g/mol. The van der Waals surface area contributed by atoms with Gasteiger partial charge in [0.05, 0.1) is 5.69 Å². The van der Waals surface area contributed by atoms with Gasteiger partial charge in [-0.25, -0.2) is 0 Å². The molecule has 0 saturated carbocycles. The summed E-state index contributed by atoms with van der Waals surface area (Å²) in [5.74, 6) is 0.0554. The van der Waals surface area contributed by atoms with Gasteiger partial charge in [-0.05, 0) is 23.6 Å². The van der Waals surface area contributed by atoms with E-state index in [0.29, 0.717) is 5.69 Å². The number of aromatic nitrogens is 1. The van der Waals surface area contributed by atoms with Crippen LogP contribution in [0.4, 0.5) is 0 Å². The van der Waals surface area contributed by atoms with Crippen LogP contribution in [0.25, 0.3) is 0 Å². The van der Waals surface area contributed by atoms with Crippen molar-refractivity contribution in [2.24, 2.45) is 5.92 Å². The molecule has 2 nitrogen and oxygen atoms in total. The highest BCUT2D eigenvalue weighted by molar-refractivity contribution is 5.32. The van der Waals surface area contributed by atoms with E-state index in [9.17, 15) is 5.11 Å². The lowest BCUT2D eigenvalue weighted by Gasteiger charge is -2.32. The molecule has 2 heteroatoms. The fourth-order valence-corrected chi connectivity index (χ4v) is 2.06. The van der Waals surface area contributed by atoms with Gasteiger partial charge in [0.15, 0.2) is 0 Å². The standard InChI is InChI=1S/C15H17NO.C2H6/c1-12(2)15(17,13-8-4-3-5-9-13)14-10-6-7-11-16-14;1-2/h3-12,17H,1-2H3;1-2H3. The Morgan fingerprint density at radius 1 is 0.947 bits per heavy atom. The van der Waals surface area contributed by atoms with E-state index in [1.165, 1.54) is 0 Å². The largest absolute Gasteiger partial charge is 0.378 e. The molecule has 1 aromatic heterocycles. The van der Waals surface area contributed by atoms with Gasteiger partial charge in [-0.15, -0.1) is 0 Å². The summed E-state index contributed by atoms with van der Waals surface area (Å²) in [6.45, 7) is 8.00. The molecule has 0 radical (unpaired) electrons. The molecule has 102 valence electrons. The zero-order valence-corrected chi connectivity index (χ0v) is 12.2. The Hall–Kier alpha value is -1.67. The van der Waals surface area contributed by atoms with Crippen molar-refractivity contribution in [1.29, 1.82) is 0 Å². The molecule has 1 aromatic carbocycles. The third kappa shape index (κ3) is 3.21. The van der Waals surface area contributed by atoms with Crippen molar-refractivity contribution in [2.45, 2.75) is 33.3 Å². The summed E-state index contributed by atoms with van der Waals surface area (Å²) in [5.41, 5.74) is 0.553. The average Bonchev–Trinajstić information content (AvgIpc) is 2.50. The van der Waals surface area contributed by atoms with Crippen molar-refractivity contribution < 1.29 is 5.11 Å². The summed E-state index contributed by atoms with van der Waals surface area (Å²) in [6.07, 6.45) is 1.71. The van der Waals surface area contributed by atoms with Crippen molar-refractivity contribution in [1.82, 2.24) is 4.98 Å². The predicted molar refractivity (Wildman–Crippen MR) is 79.9 cm³/mol. The molecule has 1 atom stereocenters. The minimum atomic E-state index is -1.03. The van der Waals surface area contributed by atoms with E-state index < -0.39 is 5.60 Å². The van der Waals surface area contributed by atoms with E-state index in [0.717, 1.165) is 5.56 Å². The Bertz CT molecular complexity index is 426. The van der Waals surface area contributed by atoms with Gasteiger partial charge in [0.2, 0.25) is 0 Å². The first kappa shape index (κ1) is 15.4. The van der Waals surface area contributed by atoms with Crippen LogP contribution in [0.2, 0.25) is 0 Å². The van der Waals surface area contributed by atoms with Gasteiger partial charge < -0.3 is 5.11 Å². The van der Waals surface area contributed by atoms with Crippen molar-refractivity contribution in [2.75, 3.05) is 0 Å². The highest BCUT2D eigenvalue weighted by atomic mass is 16.3. The smallest absolute Gasteiger partial charge is 0.134 e. The van der Waals surface area contributed by atoms with E-state index in [1.807, 2.05) is 76.2 Å². The maximum atomic E-state index is 11.0. The fourth-order valence-electron chi connectivity index (χ4n) is 2.06. The molecule has 2 rings (SSSR count). The fraction of sp³-hybridized carbons (Fsp3) is 0.353. The topological polar surface area (TPSA) is 33.1 Å². The minimum Gasteiger partial charge on any atom is -0.378 e. The van der Waals surface area contributed by atoms with E-state index in [2.05, 4.69) is 4.98 Å². The molecule has 0 aliphatic heterocycles. The van der Waals surface area contributed by atoms with E-state index in [1.54, 1.807) is 6.20 Å². The molecule has 0 aliphatic rings. The first-order valence-corrected chi connectivity index (χ1v) is 6.85. The van der Waals surface area contributed by atoms with E-state index in [4.69, 9.17) is 0 Å². The van der Waals surface area contributed by atoms with Gasteiger partial charge in [-0.1, -0.05) is 64.1 Å². The molecule has 1 N–H and O–H groups in total. The molecule has 19 heavy (non-hydrogen) atoms. The summed E-state index contributed by atoms with van der Waals surface area (Å²) in [4.78, 5) is 4.30. The number of benzene rings is 1. The lowest BCUT2D eigenvalue weighted by Crippen LogP contribution is -2.34. The van der Waals surface area contributed by atoms with E-state index in [-0.39, 0.29) is 5.92 Å². The first-order chi connectivity index (χ1) is 9.15. The van der Waals surface area contributed by atoms with E-state index >= 15 is 0 Å². The molecule has 0 saturated heterocycles. The third-order valence-corrected chi connectivity index (χ3v) is 3.10. The predicted octanol–water partition coefficient (Wildman–Crippen LogP) is 4.00. The van der Waals surface area contributed by atoms with Gasteiger partial charge in [0.25, 0.3) is 0 Å². The van der Waals surface area contributed by atoms with Crippen LogP contribution < -0.4 is 0 Å². The molecule has 0 spiro atoms. The molecule has 0 fully saturated rings. The zero-order valence-electron chi connectivity index (χ0n) is 12.2. The van der Waals surface area contributed by atoms with Crippen LogP contribution in [0.5, 0.6) is 0 Å². The quantitative estimate of drug-likeness (QED) is 0.901. The van der Waals surface area contributed by atoms with Crippen molar-refractivity contribution in [3.05, 3.63) is 66.0 Å². The summed E-state index contributed by atoms with van der Waals surface area (Å²) < 4.78 is 0. The van der Waals surface area contributed by atoms with Crippen LogP contribution in [0.3, 0.4) is 0 Å². The number of rotatable bonds is 3. The summed E-state index contributed by atoms with van der Waals surface area (Å²) in [5, 5.41) is 11.0. The summed E-state index contributed by atoms with van der Waals surface area (Å²) >= 11 is 0. The van der Waals surface area contributed by atoms with Crippen molar-refractivity contribution >= 4 is 0 Å². The molecule has 2 aromatic rings. The number of hydrogen-bond acceptors (Lipinski definition) is 2. The lowest BCUT2D eigenvalue weighted by atomic mass is 9.80. The first-order valence-electron chi connectivity index (χ1n) is 6.85. The Morgan fingerprint density at radius 3 is 2.00 bits per heavy atom. The molecule has 0 amide bonds. The average molecular weight is 257 g/mol. The summed E-state index contributed by atoms with van der Waals surface area (Å²) in [7, 11) is 0. The SMILES string of the molecule is CC.CC(C)C(O)(c1ccccc1)c1ccccn1. The minimum absolute atomic E-state index is 0.0554. The highest BCUT2D eigenvalue weighted by Crippen LogP contribution is 2.35.